The van der Waals surface area contributed by atoms with Crippen LogP contribution >= 0.6 is 0 Å². The van der Waals surface area contributed by atoms with Crippen molar-refractivity contribution in [3.05, 3.63) is 70.8 Å². The van der Waals surface area contributed by atoms with E-state index < -0.39 is 5.97 Å². The molecule has 0 aliphatic rings. The van der Waals surface area contributed by atoms with Gasteiger partial charge in [0.1, 0.15) is 0 Å². The summed E-state index contributed by atoms with van der Waals surface area (Å²) < 4.78 is 0. The second-order valence-corrected chi connectivity index (χ2v) is 4.76. The summed E-state index contributed by atoms with van der Waals surface area (Å²) in [5, 5.41) is 9.08. The maximum atomic E-state index is 12.1. The Morgan fingerprint density at radius 2 is 1.55 bits per heavy atom. The Labute approximate surface area is 117 Å². The predicted molar refractivity (Wildman–Crippen MR) is 77.2 cm³/mol. The van der Waals surface area contributed by atoms with Gasteiger partial charge in [0, 0.05) is 12.0 Å². The summed E-state index contributed by atoms with van der Waals surface area (Å²) in [4.78, 5) is 23.2. The number of aromatic carboxylic acids is 1. The van der Waals surface area contributed by atoms with Crippen LogP contribution in [0.15, 0.2) is 48.5 Å². The number of carboxylic acid groups (broad SMARTS) is 1. The minimum atomic E-state index is -1.07. The SMILES string of the molecule is Cc1ccc(CCC(=O)c2ccccc2C(=O)O)cc1. The normalized spacial score (nSPS) is 10.2. The highest BCUT2D eigenvalue weighted by Crippen LogP contribution is 2.14. The van der Waals surface area contributed by atoms with Crippen molar-refractivity contribution in [2.75, 3.05) is 0 Å². The summed E-state index contributed by atoms with van der Waals surface area (Å²) in [6, 6.07) is 14.3. The number of carbonyl (C=O) groups excluding carboxylic acids is 1. The summed E-state index contributed by atoms with van der Waals surface area (Å²) in [5.41, 5.74) is 2.61. The molecule has 0 heterocycles. The van der Waals surface area contributed by atoms with E-state index in [-0.39, 0.29) is 16.9 Å². The van der Waals surface area contributed by atoms with Gasteiger partial charge in [-0.15, -0.1) is 0 Å². The Morgan fingerprint density at radius 1 is 0.950 bits per heavy atom. The molecule has 102 valence electrons. The van der Waals surface area contributed by atoms with E-state index >= 15 is 0 Å². The van der Waals surface area contributed by atoms with Gasteiger partial charge in [-0.05, 0) is 25.0 Å². The molecular formula is C17H16O3. The van der Waals surface area contributed by atoms with Gasteiger partial charge < -0.3 is 5.11 Å². The standard InChI is InChI=1S/C17H16O3/c1-12-6-8-13(9-7-12)10-11-16(18)14-4-2-3-5-15(14)17(19)20/h2-9H,10-11H2,1H3,(H,19,20). The van der Waals surface area contributed by atoms with Gasteiger partial charge in [0.05, 0.1) is 5.56 Å². The molecular weight excluding hydrogens is 252 g/mol. The largest absolute Gasteiger partial charge is 0.478 e. The van der Waals surface area contributed by atoms with Crippen molar-refractivity contribution in [3.63, 3.8) is 0 Å². The minimum absolute atomic E-state index is 0.0707. The van der Waals surface area contributed by atoms with Crippen molar-refractivity contribution >= 4 is 11.8 Å². The molecule has 0 saturated heterocycles. The van der Waals surface area contributed by atoms with Crippen molar-refractivity contribution in [2.24, 2.45) is 0 Å². The average molecular weight is 268 g/mol. The maximum Gasteiger partial charge on any atom is 0.336 e. The third-order valence-electron chi connectivity index (χ3n) is 3.22. The molecule has 0 bridgehead atoms. The fourth-order valence-electron chi connectivity index (χ4n) is 2.06. The molecule has 0 aliphatic heterocycles. The molecule has 0 fully saturated rings. The first-order valence-electron chi connectivity index (χ1n) is 6.49. The number of benzene rings is 2. The molecule has 0 spiro atoms. The number of hydrogen-bond acceptors (Lipinski definition) is 2. The van der Waals surface area contributed by atoms with Crippen LogP contribution < -0.4 is 0 Å². The first-order chi connectivity index (χ1) is 9.58. The van der Waals surface area contributed by atoms with Gasteiger partial charge in [-0.3, -0.25) is 4.79 Å². The molecule has 0 unspecified atom stereocenters. The lowest BCUT2D eigenvalue weighted by Gasteiger charge is -2.05. The van der Waals surface area contributed by atoms with Crippen LogP contribution in [0.2, 0.25) is 0 Å². The molecule has 3 heteroatoms. The van der Waals surface area contributed by atoms with E-state index in [9.17, 15) is 9.59 Å². The van der Waals surface area contributed by atoms with Crippen LogP contribution in [0.1, 0.15) is 38.3 Å². The quantitative estimate of drug-likeness (QED) is 0.844. The maximum absolute atomic E-state index is 12.1. The van der Waals surface area contributed by atoms with E-state index in [1.165, 1.54) is 11.6 Å². The van der Waals surface area contributed by atoms with Crippen molar-refractivity contribution in [1.29, 1.82) is 0 Å². The number of carbonyl (C=O) groups is 2. The summed E-state index contributed by atoms with van der Waals surface area (Å²) in [6.07, 6.45) is 0.931. The summed E-state index contributed by atoms with van der Waals surface area (Å²) in [5.74, 6) is -1.20. The van der Waals surface area contributed by atoms with E-state index in [0.717, 1.165) is 5.56 Å². The number of Topliss-reactive ketones (excluding diaryl/α,β-unsaturated/α-hetero) is 1. The van der Waals surface area contributed by atoms with Gasteiger partial charge in [-0.2, -0.15) is 0 Å². The monoisotopic (exact) mass is 268 g/mol. The second kappa shape index (κ2) is 6.15. The molecule has 0 aromatic heterocycles. The molecule has 0 radical (unpaired) electrons. The Kier molecular flexibility index (Phi) is 4.31. The minimum Gasteiger partial charge on any atom is -0.478 e. The number of rotatable bonds is 5. The molecule has 2 aromatic carbocycles. The fourth-order valence-corrected chi connectivity index (χ4v) is 2.06. The topological polar surface area (TPSA) is 54.4 Å². The highest BCUT2D eigenvalue weighted by molar-refractivity contribution is 6.05. The Morgan fingerprint density at radius 3 is 2.15 bits per heavy atom. The lowest BCUT2D eigenvalue weighted by atomic mass is 9.98. The predicted octanol–water partition coefficient (Wildman–Crippen LogP) is 3.51. The molecule has 20 heavy (non-hydrogen) atoms. The van der Waals surface area contributed by atoms with Gasteiger partial charge >= 0.3 is 5.97 Å². The third-order valence-corrected chi connectivity index (χ3v) is 3.22. The fraction of sp³-hybridized carbons (Fsp3) is 0.176. The van der Waals surface area contributed by atoms with Crippen molar-refractivity contribution in [2.45, 2.75) is 19.8 Å². The number of ketones is 1. The first-order valence-corrected chi connectivity index (χ1v) is 6.49. The molecule has 0 atom stereocenters. The molecule has 2 aromatic rings. The zero-order chi connectivity index (χ0) is 14.5. The second-order valence-electron chi connectivity index (χ2n) is 4.76. The van der Waals surface area contributed by atoms with Gasteiger partial charge in [-0.1, -0.05) is 48.0 Å². The first kappa shape index (κ1) is 14.0. The molecule has 0 amide bonds. The number of hydrogen-bond donors (Lipinski definition) is 1. The van der Waals surface area contributed by atoms with Crippen LogP contribution in [0, 0.1) is 6.92 Å². The molecule has 3 nitrogen and oxygen atoms in total. The number of carboxylic acids is 1. The molecule has 1 N–H and O–H groups in total. The van der Waals surface area contributed by atoms with Crippen LogP contribution in [0.5, 0.6) is 0 Å². The van der Waals surface area contributed by atoms with Crippen LogP contribution in [-0.4, -0.2) is 16.9 Å². The average Bonchev–Trinajstić information content (AvgIpc) is 2.46. The number of aryl methyl sites for hydroxylation is 2. The van der Waals surface area contributed by atoms with E-state index in [1.54, 1.807) is 18.2 Å². The van der Waals surface area contributed by atoms with Gasteiger partial charge in [0.2, 0.25) is 0 Å². The lowest BCUT2D eigenvalue weighted by Crippen LogP contribution is -2.09. The Hall–Kier alpha value is -2.42. The summed E-state index contributed by atoms with van der Waals surface area (Å²) in [6.45, 7) is 2.01. The smallest absolute Gasteiger partial charge is 0.336 e. The van der Waals surface area contributed by atoms with E-state index in [2.05, 4.69) is 0 Å². The van der Waals surface area contributed by atoms with E-state index in [0.29, 0.717) is 12.8 Å². The van der Waals surface area contributed by atoms with E-state index in [4.69, 9.17) is 5.11 Å². The van der Waals surface area contributed by atoms with Gasteiger partial charge in [-0.25, -0.2) is 4.79 Å². The zero-order valence-corrected chi connectivity index (χ0v) is 11.3. The van der Waals surface area contributed by atoms with E-state index in [1.807, 2.05) is 31.2 Å². The Bertz CT molecular complexity index is 627. The highest BCUT2D eigenvalue weighted by Gasteiger charge is 2.15. The van der Waals surface area contributed by atoms with Gasteiger partial charge in [0.25, 0.3) is 0 Å². The zero-order valence-electron chi connectivity index (χ0n) is 11.3. The Balaban J connectivity index is 2.09. The van der Waals surface area contributed by atoms with Crippen LogP contribution in [0.4, 0.5) is 0 Å². The molecule has 0 aliphatic carbocycles. The summed E-state index contributed by atoms with van der Waals surface area (Å²) >= 11 is 0. The third kappa shape index (κ3) is 3.32. The van der Waals surface area contributed by atoms with Crippen molar-refractivity contribution in [1.82, 2.24) is 0 Å². The van der Waals surface area contributed by atoms with Crippen LogP contribution in [0.3, 0.4) is 0 Å². The molecule has 0 saturated carbocycles. The van der Waals surface area contributed by atoms with Crippen molar-refractivity contribution < 1.29 is 14.7 Å². The van der Waals surface area contributed by atoms with Crippen LogP contribution in [-0.2, 0) is 6.42 Å². The molecule has 2 rings (SSSR count). The van der Waals surface area contributed by atoms with Crippen molar-refractivity contribution in [3.8, 4) is 0 Å². The lowest BCUT2D eigenvalue weighted by molar-refractivity contribution is 0.0691. The highest BCUT2D eigenvalue weighted by atomic mass is 16.4. The van der Waals surface area contributed by atoms with Gasteiger partial charge in [0.15, 0.2) is 5.78 Å². The summed E-state index contributed by atoms with van der Waals surface area (Å²) in [7, 11) is 0. The van der Waals surface area contributed by atoms with Crippen LogP contribution in [0.25, 0.3) is 0 Å².